The Labute approximate surface area is 119 Å². The molecule has 3 heteroatoms. The van der Waals surface area contributed by atoms with Gasteiger partial charge in [0.05, 0.1) is 5.51 Å². The monoisotopic (exact) mass is 274 g/mol. The first-order chi connectivity index (χ1) is 9.35. The molecule has 0 bridgehead atoms. The van der Waals surface area contributed by atoms with Gasteiger partial charge in [-0.15, -0.1) is 11.3 Å². The molecule has 0 aliphatic carbocycles. The molecule has 0 fully saturated rings. The molecule has 0 radical (unpaired) electrons. The minimum Gasteiger partial charge on any atom is -0.310 e. The summed E-state index contributed by atoms with van der Waals surface area (Å²) in [6.45, 7) is 5.49. The summed E-state index contributed by atoms with van der Waals surface area (Å²) in [5, 5.41) is 3.68. The first kappa shape index (κ1) is 14.2. The van der Waals surface area contributed by atoms with Crippen LogP contribution in [-0.4, -0.2) is 11.5 Å². The Kier molecular flexibility index (Phi) is 5.55. The normalized spacial score (nSPS) is 12.5. The van der Waals surface area contributed by atoms with Gasteiger partial charge in [-0.3, -0.25) is 4.98 Å². The highest BCUT2D eigenvalue weighted by atomic mass is 32.1. The van der Waals surface area contributed by atoms with Crippen LogP contribution in [0.2, 0.25) is 0 Å². The fourth-order valence-corrected chi connectivity index (χ4v) is 2.99. The van der Waals surface area contributed by atoms with Crippen LogP contribution in [0.3, 0.4) is 0 Å². The van der Waals surface area contributed by atoms with Gasteiger partial charge in [0.2, 0.25) is 0 Å². The van der Waals surface area contributed by atoms with Gasteiger partial charge in [-0.05, 0) is 30.5 Å². The Balaban J connectivity index is 2.20. The van der Waals surface area contributed by atoms with Crippen LogP contribution in [0.15, 0.2) is 36.0 Å². The second-order valence-electron chi connectivity index (χ2n) is 4.73. The summed E-state index contributed by atoms with van der Waals surface area (Å²) in [5.41, 5.74) is 4.80. The van der Waals surface area contributed by atoms with Crippen molar-refractivity contribution in [1.82, 2.24) is 10.3 Å². The molecule has 0 saturated carbocycles. The zero-order valence-corrected chi connectivity index (χ0v) is 12.5. The molecule has 1 aromatic carbocycles. The summed E-state index contributed by atoms with van der Waals surface area (Å²) >= 11 is 1.74. The summed E-state index contributed by atoms with van der Waals surface area (Å²) in [6.07, 6.45) is 5.26. The molecule has 1 heterocycles. The molecule has 0 saturated heterocycles. The Morgan fingerprint density at radius 2 is 2.11 bits per heavy atom. The average molecular weight is 274 g/mol. The van der Waals surface area contributed by atoms with E-state index in [1.807, 2.05) is 11.7 Å². The molecular formula is C16H22N2S. The van der Waals surface area contributed by atoms with Crippen molar-refractivity contribution in [1.29, 1.82) is 0 Å². The molecule has 19 heavy (non-hydrogen) atoms. The highest BCUT2D eigenvalue weighted by Gasteiger charge is 2.15. The van der Waals surface area contributed by atoms with Crippen LogP contribution in [0.1, 0.15) is 42.3 Å². The molecule has 0 amide bonds. The van der Waals surface area contributed by atoms with Gasteiger partial charge in [0.25, 0.3) is 0 Å². The third-order valence-corrected chi connectivity index (χ3v) is 4.14. The molecule has 0 aliphatic heterocycles. The summed E-state index contributed by atoms with van der Waals surface area (Å²) in [6, 6.07) is 9.17. The van der Waals surface area contributed by atoms with Gasteiger partial charge in [-0.2, -0.15) is 0 Å². The van der Waals surface area contributed by atoms with E-state index in [0.717, 1.165) is 25.8 Å². The van der Waals surface area contributed by atoms with E-state index < -0.39 is 0 Å². The third kappa shape index (κ3) is 3.88. The first-order valence-corrected chi connectivity index (χ1v) is 7.91. The Morgan fingerprint density at radius 3 is 2.79 bits per heavy atom. The predicted octanol–water partition coefficient (Wildman–Crippen LogP) is 3.99. The summed E-state index contributed by atoms with van der Waals surface area (Å²) in [7, 11) is 0. The molecule has 102 valence electrons. The van der Waals surface area contributed by atoms with E-state index in [4.69, 9.17) is 0 Å². The highest BCUT2D eigenvalue weighted by Crippen LogP contribution is 2.24. The number of aryl methyl sites for hydroxylation is 1. The molecule has 1 aromatic heterocycles. The summed E-state index contributed by atoms with van der Waals surface area (Å²) in [4.78, 5) is 5.53. The third-order valence-electron chi connectivity index (χ3n) is 3.34. The molecule has 1 atom stereocenters. The lowest BCUT2D eigenvalue weighted by atomic mass is 9.96. The maximum absolute atomic E-state index is 4.18. The van der Waals surface area contributed by atoms with Gasteiger partial charge in [0.1, 0.15) is 0 Å². The summed E-state index contributed by atoms with van der Waals surface area (Å²) < 4.78 is 0. The largest absolute Gasteiger partial charge is 0.310 e. The molecule has 1 unspecified atom stereocenters. The van der Waals surface area contributed by atoms with Crippen LogP contribution in [0, 0.1) is 0 Å². The predicted molar refractivity (Wildman–Crippen MR) is 82.7 cm³/mol. The van der Waals surface area contributed by atoms with Crippen molar-refractivity contribution in [3.05, 3.63) is 52.0 Å². The maximum atomic E-state index is 4.18. The topological polar surface area (TPSA) is 24.9 Å². The van der Waals surface area contributed by atoms with Crippen LogP contribution in [-0.2, 0) is 12.8 Å². The smallest absolute Gasteiger partial charge is 0.0794 e. The molecule has 2 rings (SSSR count). The molecular weight excluding hydrogens is 252 g/mol. The fraction of sp³-hybridized carbons (Fsp3) is 0.438. The maximum Gasteiger partial charge on any atom is 0.0794 e. The second kappa shape index (κ2) is 7.41. The molecule has 0 spiro atoms. The van der Waals surface area contributed by atoms with Crippen LogP contribution in [0.4, 0.5) is 0 Å². The molecule has 0 aliphatic rings. The number of thiazole rings is 1. The number of rotatable bonds is 7. The Bertz CT molecular complexity index is 479. The standard InChI is InChI=1S/C16H22N2S/c1-3-9-18-16(10-14-11-17-12-19-14)15-8-6-5-7-13(15)4-2/h5-8,11-12,16,18H,3-4,9-10H2,1-2H3. The minimum atomic E-state index is 0.400. The van der Waals surface area contributed by atoms with E-state index in [0.29, 0.717) is 6.04 Å². The van der Waals surface area contributed by atoms with Crippen LogP contribution < -0.4 is 5.32 Å². The van der Waals surface area contributed by atoms with Crippen molar-refractivity contribution in [2.75, 3.05) is 6.54 Å². The lowest BCUT2D eigenvalue weighted by Crippen LogP contribution is -2.24. The second-order valence-corrected chi connectivity index (χ2v) is 5.70. The number of nitrogens with zero attached hydrogens (tertiary/aromatic N) is 1. The van der Waals surface area contributed by atoms with Crippen molar-refractivity contribution in [2.45, 2.75) is 39.2 Å². The number of hydrogen-bond donors (Lipinski definition) is 1. The average Bonchev–Trinajstić information content (AvgIpc) is 2.96. The first-order valence-electron chi connectivity index (χ1n) is 7.03. The molecule has 2 nitrogen and oxygen atoms in total. The van der Waals surface area contributed by atoms with Gasteiger partial charge in [-0.1, -0.05) is 38.1 Å². The van der Waals surface area contributed by atoms with Crippen LogP contribution in [0.5, 0.6) is 0 Å². The van der Waals surface area contributed by atoms with E-state index in [1.54, 1.807) is 11.3 Å². The van der Waals surface area contributed by atoms with Gasteiger partial charge in [-0.25, -0.2) is 0 Å². The van der Waals surface area contributed by atoms with E-state index in [1.165, 1.54) is 16.0 Å². The van der Waals surface area contributed by atoms with Crippen molar-refractivity contribution in [3.8, 4) is 0 Å². The van der Waals surface area contributed by atoms with Crippen molar-refractivity contribution in [2.24, 2.45) is 0 Å². The number of aromatic nitrogens is 1. The lowest BCUT2D eigenvalue weighted by molar-refractivity contribution is 0.528. The van der Waals surface area contributed by atoms with Crippen LogP contribution >= 0.6 is 11.3 Å². The van der Waals surface area contributed by atoms with Gasteiger partial charge in [0, 0.05) is 23.5 Å². The van der Waals surface area contributed by atoms with E-state index in [2.05, 4.69) is 48.4 Å². The van der Waals surface area contributed by atoms with Gasteiger partial charge >= 0.3 is 0 Å². The van der Waals surface area contributed by atoms with Crippen molar-refractivity contribution < 1.29 is 0 Å². The highest BCUT2D eigenvalue weighted by molar-refractivity contribution is 7.09. The quantitative estimate of drug-likeness (QED) is 0.826. The van der Waals surface area contributed by atoms with E-state index in [9.17, 15) is 0 Å². The van der Waals surface area contributed by atoms with Gasteiger partial charge < -0.3 is 5.32 Å². The zero-order valence-electron chi connectivity index (χ0n) is 11.7. The Morgan fingerprint density at radius 1 is 1.26 bits per heavy atom. The van der Waals surface area contributed by atoms with Crippen molar-refractivity contribution >= 4 is 11.3 Å². The van der Waals surface area contributed by atoms with E-state index >= 15 is 0 Å². The number of benzene rings is 1. The minimum absolute atomic E-state index is 0.400. The fourth-order valence-electron chi connectivity index (χ4n) is 2.35. The number of hydrogen-bond acceptors (Lipinski definition) is 3. The lowest BCUT2D eigenvalue weighted by Gasteiger charge is -2.21. The van der Waals surface area contributed by atoms with Crippen LogP contribution in [0.25, 0.3) is 0 Å². The Hall–Kier alpha value is -1.19. The molecule has 2 aromatic rings. The summed E-state index contributed by atoms with van der Waals surface area (Å²) in [5.74, 6) is 0. The molecule has 1 N–H and O–H groups in total. The van der Waals surface area contributed by atoms with Gasteiger partial charge in [0.15, 0.2) is 0 Å². The van der Waals surface area contributed by atoms with E-state index in [-0.39, 0.29) is 0 Å². The number of nitrogens with one attached hydrogen (secondary N) is 1. The van der Waals surface area contributed by atoms with Crippen molar-refractivity contribution in [3.63, 3.8) is 0 Å². The zero-order chi connectivity index (χ0) is 13.5. The SMILES string of the molecule is CCCNC(Cc1cncs1)c1ccccc1CC.